The highest BCUT2D eigenvalue weighted by atomic mass is 19.4. The highest BCUT2D eigenvalue weighted by molar-refractivity contribution is 6.16. The maximum atomic E-state index is 14.8. The third-order valence-electron chi connectivity index (χ3n) is 7.12. The van der Waals surface area contributed by atoms with Gasteiger partial charge in [-0.2, -0.15) is 13.2 Å². The summed E-state index contributed by atoms with van der Waals surface area (Å²) in [4.78, 5) is 43.3. The van der Waals surface area contributed by atoms with E-state index in [4.69, 9.17) is 10.5 Å². The number of nitrogens with zero attached hydrogens (tertiary/aromatic N) is 1. The predicted octanol–water partition coefficient (Wildman–Crippen LogP) is 4.10. The van der Waals surface area contributed by atoms with E-state index in [0.29, 0.717) is 16.9 Å². The number of alkyl halides is 3. The van der Waals surface area contributed by atoms with Crippen molar-refractivity contribution in [2.24, 2.45) is 28.5 Å². The number of ketones is 1. The lowest BCUT2D eigenvalue weighted by Crippen LogP contribution is -2.47. The van der Waals surface area contributed by atoms with E-state index < -0.39 is 66.9 Å². The third-order valence-corrected chi connectivity index (χ3v) is 7.12. The fourth-order valence-electron chi connectivity index (χ4n) is 4.88. The Morgan fingerprint density at radius 2 is 1.87 bits per heavy atom. The summed E-state index contributed by atoms with van der Waals surface area (Å²) < 4.78 is 59.4. The van der Waals surface area contributed by atoms with Gasteiger partial charge in [0.1, 0.15) is 11.6 Å². The first kappa shape index (κ1) is 28.3. The number of Topliss-reactive ketones (excluding diaryl/α,β-unsaturated/α-hetero) is 1. The van der Waals surface area contributed by atoms with Crippen molar-refractivity contribution in [3.63, 3.8) is 0 Å². The average molecular weight is 548 g/mol. The maximum absolute atomic E-state index is 14.8. The summed E-state index contributed by atoms with van der Waals surface area (Å²) in [5, 5.41) is 2.45. The number of fused-ring (bicyclic) bond motifs is 1. The number of methoxy groups -OCH3 is 1. The van der Waals surface area contributed by atoms with E-state index >= 15 is 0 Å². The Bertz CT molecular complexity index is 1290. The van der Waals surface area contributed by atoms with Gasteiger partial charge in [0.05, 0.1) is 12.8 Å². The van der Waals surface area contributed by atoms with Gasteiger partial charge in [-0.25, -0.2) is 4.39 Å². The molecule has 2 aromatic rings. The SMILES string of the molecule is COc1cccc(C2=N[C@H](NC(=O)[C@H](CCC(F)(F)F)[C@H](CC3CC3)C(N)=O)C(=O)Cc3c(F)cccc32)c1. The number of carbonyl (C=O) groups is 3. The van der Waals surface area contributed by atoms with E-state index in [9.17, 15) is 31.9 Å². The van der Waals surface area contributed by atoms with Crippen molar-refractivity contribution in [1.29, 1.82) is 0 Å². The first-order valence-corrected chi connectivity index (χ1v) is 12.7. The molecule has 2 aliphatic rings. The molecular formula is C28H29F4N3O4. The number of rotatable bonds is 10. The average Bonchev–Trinajstić information content (AvgIpc) is 3.71. The Kier molecular flexibility index (Phi) is 8.36. The van der Waals surface area contributed by atoms with Gasteiger partial charge in [0, 0.05) is 41.4 Å². The molecule has 0 aromatic heterocycles. The Morgan fingerprint density at radius 1 is 1.15 bits per heavy atom. The van der Waals surface area contributed by atoms with Crippen molar-refractivity contribution in [3.8, 4) is 5.75 Å². The van der Waals surface area contributed by atoms with Crippen LogP contribution < -0.4 is 15.8 Å². The molecule has 1 aliphatic carbocycles. The molecular weight excluding hydrogens is 518 g/mol. The molecule has 7 nitrogen and oxygen atoms in total. The van der Waals surface area contributed by atoms with Gasteiger partial charge in [-0.15, -0.1) is 0 Å². The number of carbonyl (C=O) groups excluding carboxylic acids is 3. The summed E-state index contributed by atoms with van der Waals surface area (Å²) in [5.74, 6) is -5.04. The number of nitrogens with one attached hydrogen (secondary N) is 1. The van der Waals surface area contributed by atoms with Gasteiger partial charge >= 0.3 is 6.18 Å². The van der Waals surface area contributed by atoms with Crippen molar-refractivity contribution in [3.05, 3.63) is 65.0 Å². The van der Waals surface area contributed by atoms with Gasteiger partial charge in [0.15, 0.2) is 11.9 Å². The minimum atomic E-state index is -4.56. The summed E-state index contributed by atoms with van der Waals surface area (Å²) in [5.41, 5.74) is 6.63. The smallest absolute Gasteiger partial charge is 0.389 e. The fraction of sp³-hybridized carbons (Fsp3) is 0.429. The number of nitrogens with two attached hydrogens (primary N) is 1. The molecule has 0 unspecified atom stereocenters. The van der Waals surface area contributed by atoms with Crippen molar-refractivity contribution < 1.29 is 36.7 Å². The minimum Gasteiger partial charge on any atom is -0.497 e. The van der Waals surface area contributed by atoms with E-state index in [0.717, 1.165) is 12.8 Å². The van der Waals surface area contributed by atoms with Crippen LogP contribution in [-0.4, -0.2) is 42.8 Å². The highest BCUT2D eigenvalue weighted by Gasteiger charge is 2.41. The second kappa shape index (κ2) is 11.5. The fourth-order valence-corrected chi connectivity index (χ4v) is 4.88. The van der Waals surface area contributed by atoms with Gasteiger partial charge in [-0.1, -0.05) is 37.1 Å². The number of hydrogen-bond acceptors (Lipinski definition) is 5. The number of halogens is 4. The normalized spacial score (nSPS) is 18.8. The first-order valence-electron chi connectivity index (χ1n) is 12.7. The number of primary amides is 1. The topological polar surface area (TPSA) is 111 Å². The quantitative estimate of drug-likeness (QED) is 0.437. The molecule has 4 rings (SSSR count). The van der Waals surface area contributed by atoms with E-state index in [2.05, 4.69) is 10.3 Å². The first-order chi connectivity index (χ1) is 18.5. The van der Waals surface area contributed by atoms with E-state index in [1.807, 2.05) is 0 Å². The molecule has 0 saturated heterocycles. The van der Waals surface area contributed by atoms with Gasteiger partial charge in [0.25, 0.3) is 0 Å². The lowest BCUT2D eigenvalue weighted by atomic mass is 9.83. The van der Waals surface area contributed by atoms with Crippen LogP contribution in [0.25, 0.3) is 0 Å². The van der Waals surface area contributed by atoms with Gasteiger partial charge in [-0.05, 0) is 37.0 Å². The number of ether oxygens (including phenoxy) is 1. The number of aliphatic imine (C=N–C) groups is 1. The van der Waals surface area contributed by atoms with Crippen LogP contribution in [0.15, 0.2) is 47.5 Å². The zero-order valence-electron chi connectivity index (χ0n) is 21.3. The summed E-state index contributed by atoms with van der Waals surface area (Å²) in [6, 6.07) is 10.9. The molecule has 2 aromatic carbocycles. The summed E-state index contributed by atoms with van der Waals surface area (Å²) in [6.07, 6.45) is -6.65. The molecule has 3 atom stereocenters. The highest BCUT2D eigenvalue weighted by Crippen LogP contribution is 2.39. The van der Waals surface area contributed by atoms with Crippen molar-refractivity contribution in [2.75, 3.05) is 7.11 Å². The standard InChI is InChI=1S/C28H29F4N3O4/c1-39-17-5-2-4-16(13-17)24-18-6-3-7-22(29)20(18)14-23(36)26(34-24)35-27(38)19(10-11-28(30,31)32)21(25(33)37)12-15-8-9-15/h2-7,13,15,19,21,26H,8-12,14H2,1H3,(H2,33,37)(H,35,38)/t19-,21+,26-/m1/s1. The Morgan fingerprint density at radius 3 is 2.51 bits per heavy atom. The van der Waals surface area contributed by atoms with Crippen LogP contribution in [0.1, 0.15) is 48.8 Å². The lowest BCUT2D eigenvalue weighted by molar-refractivity contribution is -0.146. The van der Waals surface area contributed by atoms with E-state index in [1.54, 1.807) is 30.3 Å². The molecule has 0 radical (unpaired) electrons. The number of amides is 2. The summed E-state index contributed by atoms with van der Waals surface area (Å²) >= 11 is 0. The van der Waals surface area contributed by atoms with Crippen molar-refractivity contribution in [1.82, 2.24) is 5.32 Å². The van der Waals surface area contributed by atoms with Crippen molar-refractivity contribution >= 4 is 23.3 Å². The molecule has 39 heavy (non-hydrogen) atoms. The Hall–Kier alpha value is -3.76. The predicted molar refractivity (Wildman–Crippen MR) is 134 cm³/mol. The molecule has 208 valence electrons. The number of hydrogen-bond donors (Lipinski definition) is 2. The molecule has 1 fully saturated rings. The van der Waals surface area contributed by atoms with Gasteiger partial charge in [0.2, 0.25) is 11.8 Å². The van der Waals surface area contributed by atoms with Crippen LogP contribution in [0.3, 0.4) is 0 Å². The van der Waals surface area contributed by atoms with Crippen LogP contribution in [-0.2, 0) is 20.8 Å². The minimum absolute atomic E-state index is 0.0817. The maximum Gasteiger partial charge on any atom is 0.389 e. The number of benzene rings is 2. The van der Waals surface area contributed by atoms with Crippen LogP contribution in [0.2, 0.25) is 0 Å². The monoisotopic (exact) mass is 547 g/mol. The molecule has 11 heteroatoms. The van der Waals surface area contributed by atoms with Gasteiger partial charge in [-0.3, -0.25) is 19.4 Å². The van der Waals surface area contributed by atoms with Crippen LogP contribution in [0.4, 0.5) is 17.6 Å². The van der Waals surface area contributed by atoms with E-state index in [1.165, 1.54) is 19.2 Å². The van der Waals surface area contributed by atoms with Crippen LogP contribution in [0.5, 0.6) is 5.75 Å². The summed E-state index contributed by atoms with van der Waals surface area (Å²) in [6.45, 7) is 0. The van der Waals surface area contributed by atoms with Gasteiger partial charge < -0.3 is 15.8 Å². The Labute approximate surface area is 222 Å². The largest absolute Gasteiger partial charge is 0.497 e. The summed E-state index contributed by atoms with van der Waals surface area (Å²) in [7, 11) is 1.46. The van der Waals surface area contributed by atoms with Crippen LogP contribution in [0, 0.1) is 23.6 Å². The van der Waals surface area contributed by atoms with Crippen molar-refractivity contribution in [2.45, 2.75) is 50.9 Å². The second-order valence-electron chi connectivity index (χ2n) is 9.98. The molecule has 1 heterocycles. The zero-order valence-corrected chi connectivity index (χ0v) is 21.3. The molecule has 2 amide bonds. The molecule has 1 aliphatic heterocycles. The lowest BCUT2D eigenvalue weighted by Gasteiger charge is -2.26. The molecule has 0 bridgehead atoms. The zero-order chi connectivity index (χ0) is 28.3. The second-order valence-corrected chi connectivity index (χ2v) is 9.98. The molecule has 0 spiro atoms. The Balaban J connectivity index is 1.70. The molecule has 1 saturated carbocycles. The van der Waals surface area contributed by atoms with E-state index in [-0.39, 0.29) is 23.6 Å². The third kappa shape index (κ3) is 7.01. The molecule has 3 N–H and O–H groups in total. The van der Waals surface area contributed by atoms with Crippen LogP contribution >= 0.6 is 0 Å².